The molecule has 0 amide bonds. The van der Waals surface area contributed by atoms with Gasteiger partial charge in [0.05, 0.1) is 12.7 Å². The van der Waals surface area contributed by atoms with Crippen LogP contribution in [0.4, 0.5) is 13.2 Å². The summed E-state index contributed by atoms with van der Waals surface area (Å²) in [5.41, 5.74) is -0.219. The third-order valence-corrected chi connectivity index (χ3v) is 1.65. The van der Waals surface area contributed by atoms with Crippen LogP contribution in [0.15, 0.2) is 6.20 Å². The third kappa shape index (κ3) is 1.74. The minimum Gasteiger partial charge on any atom is -0.492 e. The van der Waals surface area contributed by atoms with Gasteiger partial charge in [-0.05, 0) is 12.5 Å². The van der Waals surface area contributed by atoms with Crippen molar-refractivity contribution in [3.63, 3.8) is 0 Å². The van der Waals surface area contributed by atoms with Gasteiger partial charge >= 0.3 is 0 Å². The molecule has 0 atom stereocenters. The normalized spacial score (nSPS) is 10.6. The first-order valence-corrected chi connectivity index (χ1v) is 3.55. The molecular weight excluding hydrogens is 183 g/mol. The fraction of sp³-hybridized carbons (Fsp3) is 0.375. The van der Waals surface area contributed by atoms with Gasteiger partial charge in [-0.1, -0.05) is 0 Å². The molecule has 0 saturated heterocycles. The summed E-state index contributed by atoms with van der Waals surface area (Å²) >= 11 is 0. The molecule has 2 nitrogen and oxygen atoms in total. The summed E-state index contributed by atoms with van der Waals surface area (Å²) in [6, 6.07) is 0. The topological polar surface area (TPSA) is 22.1 Å². The van der Waals surface area contributed by atoms with Crippen LogP contribution < -0.4 is 4.74 Å². The number of hydrogen-bond acceptors (Lipinski definition) is 2. The maximum absolute atomic E-state index is 12.8. The number of aromatic nitrogens is 1. The van der Waals surface area contributed by atoms with Crippen LogP contribution in [0.1, 0.15) is 17.6 Å². The van der Waals surface area contributed by atoms with E-state index in [9.17, 15) is 13.2 Å². The summed E-state index contributed by atoms with van der Waals surface area (Å²) in [5, 5.41) is 0. The Morgan fingerprint density at radius 2 is 2.08 bits per heavy atom. The fourth-order valence-electron chi connectivity index (χ4n) is 1.04. The maximum atomic E-state index is 12.8. The van der Waals surface area contributed by atoms with Crippen molar-refractivity contribution in [2.45, 2.75) is 13.3 Å². The van der Waals surface area contributed by atoms with Gasteiger partial charge in [-0.3, -0.25) is 0 Å². The molecule has 0 radical (unpaired) electrons. The van der Waals surface area contributed by atoms with E-state index in [1.807, 2.05) is 0 Å². The van der Waals surface area contributed by atoms with Gasteiger partial charge in [-0.15, -0.1) is 0 Å². The van der Waals surface area contributed by atoms with Crippen molar-refractivity contribution in [1.29, 1.82) is 0 Å². The molecule has 1 rings (SSSR count). The Morgan fingerprint density at radius 1 is 1.46 bits per heavy atom. The number of hydrogen-bond donors (Lipinski definition) is 0. The molecule has 0 aromatic carbocycles. The van der Waals surface area contributed by atoms with E-state index >= 15 is 0 Å². The van der Waals surface area contributed by atoms with Crippen LogP contribution in [-0.2, 0) is 0 Å². The van der Waals surface area contributed by atoms with E-state index in [0.29, 0.717) is 0 Å². The Balaban J connectivity index is 3.35. The minimum atomic E-state index is -2.76. The van der Waals surface area contributed by atoms with E-state index in [1.165, 1.54) is 6.92 Å². The molecule has 0 spiro atoms. The smallest absolute Gasteiger partial charge is 0.267 e. The summed E-state index contributed by atoms with van der Waals surface area (Å²) in [6.45, 7) is 1.43. The first kappa shape index (κ1) is 9.83. The average molecular weight is 191 g/mol. The molecule has 0 aliphatic carbocycles. The molecule has 0 fully saturated rings. The minimum absolute atomic E-state index is 0.216. The van der Waals surface area contributed by atoms with Crippen LogP contribution in [0.5, 0.6) is 5.75 Å². The molecule has 0 aliphatic heterocycles. The van der Waals surface area contributed by atoms with Crippen molar-refractivity contribution in [3.8, 4) is 5.75 Å². The fourth-order valence-corrected chi connectivity index (χ4v) is 1.04. The zero-order chi connectivity index (χ0) is 10.0. The Labute approximate surface area is 73.4 Å². The monoisotopic (exact) mass is 191 g/mol. The first-order valence-electron chi connectivity index (χ1n) is 3.55. The van der Waals surface area contributed by atoms with Crippen molar-refractivity contribution in [2.24, 2.45) is 0 Å². The number of pyridine rings is 1. The summed E-state index contributed by atoms with van der Waals surface area (Å²) in [7, 11) is 1.13. The second-order valence-corrected chi connectivity index (χ2v) is 2.48. The van der Waals surface area contributed by atoms with Gasteiger partial charge in [0.15, 0.2) is 5.75 Å². The standard InChI is InChI=1S/C8H8F3NO/c1-4-3-12-8(11)6(13-2)5(4)7(9)10/h3,7H,1-2H3. The van der Waals surface area contributed by atoms with Crippen molar-refractivity contribution >= 4 is 0 Å². The second-order valence-electron chi connectivity index (χ2n) is 2.48. The molecule has 0 saturated carbocycles. The van der Waals surface area contributed by atoms with Gasteiger partial charge in [-0.2, -0.15) is 4.39 Å². The van der Waals surface area contributed by atoms with Crippen LogP contribution in [0.3, 0.4) is 0 Å². The van der Waals surface area contributed by atoms with E-state index < -0.39 is 23.7 Å². The molecule has 1 heterocycles. The molecule has 0 unspecified atom stereocenters. The van der Waals surface area contributed by atoms with Crippen molar-refractivity contribution in [2.75, 3.05) is 7.11 Å². The van der Waals surface area contributed by atoms with E-state index in [4.69, 9.17) is 0 Å². The van der Waals surface area contributed by atoms with Gasteiger partial charge in [0, 0.05) is 6.20 Å². The Morgan fingerprint density at radius 3 is 2.46 bits per heavy atom. The SMILES string of the molecule is COc1c(F)ncc(C)c1C(F)F. The average Bonchev–Trinajstić information content (AvgIpc) is 2.07. The van der Waals surface area contributed by atoms with Gasteiger partial charge in [0.2, 0.25) is 0 Å². The lowest BCUT2D eigenvalue weighted by Gasteiger charge is -2.10. The summed E-state index contributed by atoms with van der Waals surface area (Å²) in [6.07, 6.45) is -1.70. The summed E-state index contributed by atoms with van der Waals surface area (Å²) in [4.78, 5) is 3.27. The number of ether oxygens (including phenoxy) is 1. The Kier molecular flexibility index (Phi) is 2.75. The van der Waals surface area contributed by atoms with Crippen LogP contribution in [0.2, 0.25) is 0 Å². The van der Waals surface area contributed by atoms with Gasteiger partial charge in [-0.25, -0.2) is 13.8 Å². The Bertz CT molecular complexity index is 315. The molecule has 0 N–H and O–H groups in total. The number of halogens is 3. The molecule has 5 heteroatoms. The number of aryl methyl sites for hydroxylation is 1. The molecule has 13 heavy (non-hydrogen) atoms. The highest BCUT2D eigenvalue weighted by atomic mass is 19.3. The van der Waals surface area contributed by atoms with Crippen molar-refractivity contribution in [1.82, 2.24) is 4.98 Å². The zero-order valence-corrected chi connectivity index (χ0v) is 7.14. The lowest BCUT2D eigenvalue weighted by molar-refractivity contribution is 0.144. The lowest BCUT2D eigenvalue weighted by atomic mass is 10.1. The number of nitrogens with zero attached hydrogens (tertiary/aromatic N) is 1. The molecule has 1 aromatic heterocycles. The highest BCUT2D eigenvalue weighted by Crippen LogP contribution is 2.32. The predicted molar refractivity (Wildman–Crippen MR) is 40.4 cm³/mol. The van der Waals surface area contributed by atoms with E-state index in [2.05, 4.69) is 9.72 Å². The molecule has 1 aromatic rings. The van der Waals surface area contributed by atoms with E-state index in [0.717, 1.165) is 13.3 Å². The Hall–Kier alpha value is -1.26. The van der Waals surface area contributed by atoms with Crippen molar-refractivity contribution in [3.05, 3.63) is 23.3 Å². The number of alkyl halides is 2. The highest BCUT2D eigenvalue weighted by Gasteiger charge is 2.20. The summed E-state index contributed by atoms with van der Waals surface area (Å²) in [5.74, 6) is -1.49. The van der Waals surface area contributed by atoms with Gasteiger partial charge in [0.25, 0.3) is 12.4 Å². The second kappa shape index (κ2) is 3.64. The van der Waals surface area contributed by atoms with Crippen LogP contribution in [0.25, 0.3) is 0 Å². The van der Waals surface area contributed by atoms with E-state index in [-0.39, 0.29) is 5.56 Å². The molecule has 0 aliphatic rings. The quantitative estimate of drug-likeness (QED) is 0.670. The maximum Gasteiger partial charge on any atom is 0.267 e. The van der Waals surface area contributed by atoms with E-state index in [1.54, 1.807) is 0 Å². The lowest BCUT2D eigenvalue weighted by Crippen LogP contribution is -2.01. The molecule has 0 bridgehead atoms. The zero-order valence-electron chi connectivity index (χ0n) is 7.14. The third-order valence-electron chi connectivity index (χ3n) is 1.65. The number of rotatable bonds is 2. The molecule has 72 valence electrons. The summed E-state index contributed by atoms with van der Waals surface area (Å²) < 4.78 is 42.1. The first-order chi connectivity index (χ1) is 6.07. The predicted octanol–water partition coefficient (Wildman–Crippen LogP) is 2.48. The van der Waals surface area contributed by atoms with Crippen LogP contribution >= 0.6 is 0 Å². The molecular formula is C8H8F3NO. The van der Waals surface area contributed by atoms with Gasteiger partial charge in [0.1, 0.15) is 0 Å². The number of methoxy groups -OCH3 is 1. The highest BCUT2D eigenvalue weighted by molar-refractivity contribution is 5.38. The largest absolute Gasteiger partial charge is 0.492 e. The van der Waals surface area contributed by atoms with Crippen LogP contribution in [0, 0.1) is 12.9 Å². The van der Waals surface area contributed by atoms with Crippen LogP contribution in [-0.4, -0.2) is 12.1 Å². The van der Waals surface area contributed by atoms with Gasteiger partial charge < -0.3 is 4.74 Å². The van der Waals surface area contributed by atoms with Crippen molar-refractivity contribution < 1.29 is 17.9 Å².